The van der Waals surface area contributed by atoms with Gasteiger partial charge in [0, 0.05) is 27.8 Å². The summed E-state index contributed by atoms with van der Waals surface area (Å²) in [6.07, 6.45) is 1.74. The van der Waals surface area contributed by atoms with Crippen molar-refractivity contribution in [1.82, 2.24) is 4.98 Å². The molecule has 0 spiro atoms. The van der Waals surface area contributed by atoms with E-state index in [1.165, 1.54) is 18.9 Å². The summed E-state index contributed by atoms with van der Waals surface area (Å²) < 4.78 is 5.48. The van der Waals surface area contributed by atoms with Gasteiger partial charge in [-0.2, -0.15) is 0 Å². The minimum absolute atomic E-state index is 0.169. The second kappa shape index (κ2) is 11.4. The molecule has 4 nitrogen and oxygen atoms in total. The van der Waals surface area contributed by atoms with Gasteiger partial charge < -0.3 is 4.74 Å². The van der Waals surface area contributed by atoms with E-state index < -0.39 is 17.3 Å². The number of rotatable bonds is 9. The number of carbonyl (C=O) groups excluding carboxylic acids is 2. The number of hydrogen-bond acceptors (Lipinski definition) is 5. The van der Waals surface area contributed by atoms with Crippen LogP contribution in [-0.4, -0.2) is 29.6 Å². The number of carbonyl (C=O) groups is 2. The Balaban J connectivity index is 1.81. The van der Waals surface area contributed by atoms with Gasteiger partial charge in [-0.1, -0.05) is 103 Å². The highest BCUT2D eigenvalue weighted by atomic mass is 32.2. The molecule has 1 heterocycles. The third-order valence-electron chi connectivity index (χ3n) is 6.80. The number of benzene rings is 4. The molecular weight excluding hydrogens is 490 g/mol. The molecule has 0 fully saturated rings. The smallest absolute Gasteiger partial charge is 0.321 e. The molecule has 0 aliphatic heterocycles. The lowest BCUT2D eigenvalue weighted by atomic mass is 9.66. The Labute approximate surface area is 226 Å². The van der Waals surface area contributed by atoms with Crippen molar-refractivity contribution in [1.29, 1.82) is 0 Å². The number of thioether (sulfide) groups is 1. The molecule has 2 atom stereocenters. The first-order valence-electron chi connectivity index (χ1n) is 12.4. The van der Waals surface area contributed by atoms with E-state index in [1.54, 1.807) is 18.3 Å². The number of ketones is 1. The van der Waals surface area contributed by atoms with Crippen LogP contribution in [0.1, 0.15) is 27.5 Å². The van der Waals surface area contributed by atoms with Crippen molar-refractivity contribution in [2.24, 2.45) is 5.41 Å². The van der Waals surface area contributed by atoms with Crippen LogP contribution in [0.4, 0.5) is 0 Å². The van der Waals surface area contributed by atoms with E-state index in [4.69, 9.17) is 9.72 Å². The Bertz CT molecular complexity index is 1540. The summed E-state index contributed by atoms with van der Waals surface area (Å²) in [5, 5.41) is 1.88. The van der Waals surface area contributed by atoms with Gasteiger partial charge in [0.2, 0.25) is 0 Å². The minimum Gasteiger partial charge on any atom is -0.468 e. The number of methoxy groups -OCH3 is 1. The van der Waals surface area contributed by atoms with Crippen molar-refractivity contribution in [3.8, 4) is 0 Å². The van der Waals surface area contributed by atoms with E-state index in [2.05, 4.69) is 0 Å². The molecule has 2 unspecified atom stereocenters. The lowest BCUT2D eigenvalue weighted by molar-refractivity contribution is -0.149. The lowest BCUT2D eigenvalue weighted by Crippen LogP contribution is -2.48. The molecule has 5 aromatic rings. The van der Waals surface area contributed by atoms with E-state index >= 15 is 0 Å². The number of nitrogens with zero attached hydrogens (tertiary/aromatic N) is 1. The number of esters is 1. The molecule has 0 saturated carbocycles. The highest BCUT2D eigenvalue weighted by molar-refractivity contribution is 7.99. The van der Waals surface area contributed by atoms with Gasteiger partial charge in [0.15, 0.2) is 11.2 Å². The number of fused-ring (bicyclic) bond motifs is 1. The standard InChI is InChI=1S/C33H27NO3S/c1-37-32(36)33(23-38-27-18-9-4-10-19-27,31(35)26-16-7-3-8-17-26)29(25-14-5-2-6-15-25)30-28-20-12-11-13-24(28)21-22-34-30/h2-22,29H,23H2,1H3. The second-order valence-corrected chi connectivity index (χ2v) is 10.1. The molecule has 0 amide bonds. The zero-order chi connectivity index (χ0) is 26.4. The summed E-state index contributed by atoms with van der Waals surface area (Å²) in [4.78, 5) is 34.6. The molecular formula is C33H27NO3S. The number of pyridine rings is 1. The first kappa shape index (κ1) is 25.4. The van der Waals surface area contributed by atoms with E-state index in [0.29, 0.717) is 11.3 Å². The summed E-state index contributed by atoms with van der Waals surface area (Å²) >= 11 is 1.47. The summed E-state index contributed by atoms with van der Waals surface area (Å²) in [7, 11) is 1.35. The molecule has 188 valence electrons. The summed E-state index contributed by atoms with van der Waals surface area (Å²) in [6, 6.07) is 38.3. The first-order chi connectivity index (χ1) is 18.6. The quantitative estimate of drug-likeness (QED) is 0.0895. The van der Waals surface area contributed by atoms with Gasteiger partial charge in [0.05, 0.1) is 18.7 Å². The molecule has 0 N–H and O–H groups in total. The molecule has 1 aromatic heterocycles. The number of aromatic nitrogens is 1. The fourth-order valence-corrected chi connectivity index (χ4v) is 6.15. The van der Waals surface area contributed by atoms with E-state index in [0.717, 1.165) is 21.2 Å². The largest absolute Gasteiger partial charge is 0.468 e. The molecule has 5 heteroatoms. The first-order valence-corrected chi connectivity index (χ1v) is 13.4. The van der Waals surface area contributed by atoms with Crippen molar-refractivity contribution < 1.29 is 14.3 Å². The van der Waals surface area contributed by atoms with Crippen LogP contribution in [0.2, 0.25) is 0 Å². The van der Waals surface area contributed by atoms with Crippen molar-refractivity contribution >= 4 is 34.3 Å². The van der Waals surface area contributed by atoms with Crippen molar-refractivity contribution in [2.75, 3.05) is 12.9 Å². The maximum Gasteiger partial charge on any atom is 0.321 e. The molecule has 0 saturated heterocycles. The average molecular weight is 518 g/mol. The predicted molar refractivity (Wildman–Crippen MR) is 152 cm³/mol. The Hall–Kier alpha value is -4.22. The van der Waals surface area contributed by atoms with Gasteiger partial charge >= 0.3 is 5.97 Å². The van der Waals surface area contributed by atoms with Gasteiger partial charge in [-0.25, -0.2) is 0 Å². The molecule has 0 radical (unpaired) electrons. The zero-order valence-corrected chi connectivity index (χ0v) is 21.8. The third-order valence-corrected chi connectivity index (χ3v) is 8.01. The van der Waals surface area contributed by atoms with Crippen LogP contribution in [0, 0.1) is 5.41 Å². The Morgan fingerprint density at radius 3 is 2.08 bits per heavy atom. The maximum atomic E-state index is 14.7. The van der Waals surface area contributed by atoms with Crippen LogP contribution in [0.15, 0.2) is 132 Å². The van der Waals surface area contributed by atoms with Crippen LogP contribution in [0.25, 0.3) is 10.8 Å². The van der Waals surface area contributed by atoms with Gasteiger partial charge in [0.25, 0.3) is 0 Å². The topological polar surface area (TPSA) is 56.3 Å². The average Bonchev–Trinajstić information content (AvgIpc) is 3.00. The molecule has 38 heavy (non-hydrogen) atoms. The Morgan fingerprint density at radius 2 is 1.39 bits per heavy atom. The third kappa shape index (κ3) is 4.85. The maximum absolute atomic E-state index is 14.7. The summed E-state index contributed by atoms with van der Waals surface area (Å²) in [5.41, 5.74) is 0.333. The van der Waals surface area contributed by atoms with Crippen LogP contribution >= 0.6 is 11.8 Å². The zero-order valence-electron chi connectivity index (χ0n) is 21.0. The van der Waals surface area contributed by atoms with Gasteiger partial charge in [-0.15, -0.1) is 11.8 Å². The number of ether oxygens (including phenoxy) is 1. The fraction of sp³-hybridized carbons (Fsp3) is 0.121. The molecule has 0 bridgehead atoms. The molecule has 0 aliphatic carbocycles. The summed E-state index contributed by atoms with van der Waals surface area (Å²) in [6.45, 7) is 0. The molecule has 4 aromatic carbocycles. The van der Waals surface area contributed by atoms with Crippen molar-refractivity contribution in [2.45, 2.75) is 10.8 Å². The Morgan fingerprint density at radius 1 is 0.789 bits per heavy atom. The highest BCUT2D eigenvalue weighted by Gasteiger charge is 2.55. The van der Waals surface area contributed by atoms with Gasteiger partial charge in [0.1, 0.15) is 0 Å². The van der Waals surface area contributed by atoms with Crippen molar-refractivity contribution in [3.63, 3.8) is 0 Å². The van der Waals surface area contributed by atoms with Gasteiger partial charge in [-0.05, 0) is 29.1 Å². The molecule has 0 aliphatic rings. The second-order valence-electron chi connectivity index (χ2n) is 9.02. The van der Waals surface area contributed by atoms with Crippen LogP contribution in [0.5, 0.6) is 0 Å². The van der Waals surface area contributed by atoms with Gasteiger partial charge in [-0.3, -0.25) is 14.6 Å². The highest BCUT2D eigenvalue weighted by Crippen LogP contribution is 2.48. The fourth-order valence-electron chi connectivity index (χ4n) is 4.99. The van der Waals surface area contributed by atoms with Crippen LogP contribution < -0.4 is 0 Å². The summed E-state index contributed by atoms with van der Waals surface area (Å²) in [5.74, 6) is -1.41. The lowest BCUT2D eigenvalue weighted by Gasteiger charge is -2.37. The molecule has 5 rings (SSSR count). The Kier molecular flexibility index (Phi) is 7.66. The number of hydrogen-bond donors (Lipinski definition) is 0. The van der Waals surface area contributed by atoms with E-state index in [9.17, 15) is 9.59 Å². The predicted octanol–water partition coefficient (Wildman–Crippen LogP) is 7.20. The van der Waals surface area contributed by atoms with Crippen LogP contribution in [0.3, 0.4) is 0 Å². The monoisotopic (exact) mass is 517 g/mol. The van der Waals surface area contributed by atoms with E-state index in [-0.39, 0.29) is 11.5 Å². The number of Topliss-reactive ketones (excluding diaryl/α,β-unsaturated/α-hetero) is 1. The van der Waals surface area contributed by atoms with Crippen LogP contribution in [-0.2, 0) is 9.53 Å². The minimum atomic E-state index is -1.60. The van der Waals surface area contributed by atoms with Crippen molar-refractivity contribution in [3.05, 3.63) is 144 Å². The normalized spacial score (nSPS) is 13.4. The SMILES string of the molecule is COC(=O)C(CSc1ccccc1)(C(=O)c1ccccc1)C(c1ccccc1)c1nccc2ccccc12. The van der Waals surface area contributed by atoms with E-state index in [1.807, 2.05) is 109 Å².